The Hall–Kier alpha value is -1.62. The van der Waals surface area contributed by atoms with Crippen LogP contribution in [0.15, 0.2) is 24.5 Å². The Morgan fingerprint density at radius 2 is 2.05 bits per heavy atom. The Balaban J connectivity index is 1.99. The number of pyridine rings is 1. The van der Waals surface area contributed by atoms with Crippen LogP contribution in [0.2, 0.25) is 0 Å². The molecule has 2 unspecified atom stereocenters. The molecule has 1 saturated heterocycles. The van der Waals surface area contributed by atoms with E-state index in [1.165, 1.54) is 5.56 Å². The van der Waals surface area contributed by atoms with Crippen LogP contribution in [-0.4, -0.2) is 54.0 Å². The average molecular weight is 290 g/mol. The standard InChI is InChI=1S/C16H26N4O/c1-12(2)14-10-20(9-13-5-7-17-8-6-13)11-15(14)18-16(21)19(3)4/h5-8,12,14-15H,9-11H2,1-4H3,(H,18,21). The third-order valence-corrected chi connectivity index (χ3v) is 4.17. The molecule has 1 aromatic heterocycles. The predicted octanol–water partition coefficient (Wildman–Crippen LogP) is 1.81. The molecule has 0 aromatic carbocycles. The molecule has 2 rings (SSSR count). The summed E-state index contributed by atoms with van der Waals surface area (Å²) in [6, 6.07) is 4.32. The van der Waals surface area contributed by atoms with Gasteiger partial charge in [0.2, 0.25) is 0 Å². The van der Waals surface area contributed by atoms with E-state index >= 15 is 0 Å². The summed E-state index contributed by atoms with van der Waals surface area (Å²) >= 11 is 0. The molecule has 1 aliphatic rings. The molecular weight excluding hydrogens is 264 g/mol. The van der Waals surface area contributed by atoms with E-state index in [2.05, 4.69) is 41.2 Å². The molecule has 21 heavy (non-hydrogen) atoms. The summed E-state index contributed by atoms with van der Waals surface area (Å²) < 4.78 is 0. The highest BCUT2D eigenvalue weighted by atomic mass is 16.2. The van der Waals surface area contributed by atoms with Crippen molar-refractivity contribution in [2.24, 2.45) is 11.8 Å². The number of aromatic nitrogens is 1. The summed E-state index contributed by atoms with van der Waals surface area (Å²) in [5.74, 6) is 1.05. The zero-order chi connectivity index (χ0) is 15.4. The number of amides is 2. The first-order chi connectivity index (χ1) is 9.97. The highest BCUT2D eigenvalue weighted by Crippen LogP contribution is 2.25. The van der Waals surface area contributed by atoms with Crippen LogP contribution in [0.5, 0.6) is 0 Å². The summed E-state index contributed by atoms with van der Waals surface area (Å²) in [7, 11) is 3.56. The van der Waals surface area contributed by atoms with Gasteiger partial charge < -0.3 is 10.2 Å². The van der Waals surface area contributed by atoms with Gasteiger partial charge in [0.05, 0.1) is 0 Å². The molecule has 116 valence electrons. The van der Waals surface area contributed by atoms with Gasteiger partial charge in [-0.25, -0.2) is 4.79 Å². The Morgan fingerprint density at radius 1 is 1.38 bits per heavy atom. The van der Waals surface area contributed by atoms with E-state index in [1.54, 1.807) is 19.0 Å². The maximum atomic E-state index is 11.9. The largest absolute Gasteiger partial charge is 0.334 e. The van der Waals surface area contributed by atoms with Crippen LogP contribution in [0.1, 0.15) is 19.4 Å². The van der Waals surface area contributed by atoms with Gasteiger partial charge in [0.1, 0.15) is 0 Å². The lowest BCUT2D eigenvalue weighted by Gasteiger charge is -2.24. The van der Waals surface area contributed by atoms with Crippen molar-refractivity contribution in [3.05, 3.63) is 30.1 Å². The smallest absolute Gasteiger partial charge is 0.317 e. The lowest BCUT2D eigenvalue weighted by Crippen LogP contribution is -2.46. The van der Waals surface area contributed by atoms with Crippen LogP contribution in [0.4, 0.5) is 4.79 Å². The number of nitrogens with one attached hydrogen (secondary N) is 1. The highest BCUT2D eigenvalue weighted by molar-refractivity contribution is 5.73. The number of rotatable bonds is 4. The van der Waals surface area contributed by atoms with Crippen LogP contribution < -0.4 is 5.32 Å². The SMILES string of the molecule is CC(C)C1CN(Cc2ccncc2)CC1NC(=O)N(C)C. The number of hydrogen-bond donors (Lipinski definition) is 1. The van der Waals surface area contributed by atoms with Gasteiger partial charge in [-0.2, -0.15) is 0 Å². The van der Waals surface area contributed by atoms with Gasteiger partial charge in [0.15, 0.2) is 0 Å². The maximum Gasteiger partial charge on any atom is 0.317 e. The topological polar surface area (TPSA) is 48.5 Å². The first-order valence-corrected chi connectivity index (χ1v) is 7.56. The molecule has 0 spiro atoms. The van der Waals surface area contributed by atoms with Gasteiger partial charge >= 0.3 is 6.03 Å². The fourth-order valence-corrected chi connectivity index (χ4v) is 2.90. The fraction of sp³-hybridized carbons (Fsp3) is 0.625. The van der Waals surface area contributed by atoms with Crippen molar-refractivity contribution in [3.63, 3.8) is 0 Å². The maximum absolute atomic E-state index is 11.9. The normalized spacial score (nSPS) is 22.5. The lowest BCUT2D eigenvalue weighted by atomic mass is 9.91. The summed E-state index contributed by atoms with van der Waals surface area (Å²) in [4.78, 5) is 20.0. The quantitative estimate of drug-likeness (QED) is 0.920. The second-order valence-electron chi connectivity index (χ2n) is 6.41. The Labute approximate surface area is 127 Å². The van der Waals surface area contributed by atoms with Crippen molar-refractivity contribution < 1.29 is 4.79 Å². The molecule has 1 aromatic rings. The Kier molecular flexibility index (Phi) is 5.17. The molecule has 5 nitrogen and oxygen atoms in total. The van der Waals surface area contributed by atoms with Gasteiger partial charge in [0.25, 0.3) is 0 Å². The first-order valence-electron chi connectivity index (χ1n) is 7.56. The number of hydrogen-bond acceptors (Lipinski definition) is 3. The van der Waals surface area contributed by atoms with Crippen LogP contribution >= 0.6 is 0 Å². The van der Waals surface area contributed by atoms with Gasteiger partial charge in [-0.05, 0) is 29.5 Å². The van der Waals surface area contributed by atoms with Crippen LogP contribution in [0.25, 0.3) is 0 Å². The van der Waals surface area contributed by atoms with Gasteiger partial charge in [-0.3, -0.25) is 9.88 Å². The van der Waals surface area contributed by atoms with Crippen molar-refractivity contribution in [1.29, 1.82) is 0 Å². The first kappa shape index (κ1) is 15.8. The second kappa shape index (κ2) is 6.89. The van der Waals surface area contributed by atoms with E-state index < -0.39 is 0 Å². The molecule has 0 radical (unpaired) electrons. The monoisotopic (exact) mass is 290 g/mol. The minimum Gasteiger partial charge on any atom is -0.334 e. The van der Waals surface area contributed by atoms with Crippen LogP contribution in [0.3, 0.4) is 0 Å². The van der Waals surface area contributed by atoms with Gasteiger partial charge in [0, 0.05) is 52.2 Å². The van der Waals surface area contributed by atoms with E-state index in [-0.39, 0.29) is 12.1 Å². The molecule has 2 amide bonds. The van der Waals surface area contributed by atoms with Crippen molar-refractivity contribution >= 4 is 6.03 Å². The van der Waals surface area contributed by atoms with Crippen LogP contribution in [-0.2, 0) is 6.54 Å². The second-order valence-corrected chi connectivity index (χ2v) is 6.41. The number of carbonyl (C=O) groups is 1. The number of urea groups is 1. The van der Waals surface area contributed by atoms with Crippen molar-refractivity contribution in [1.82, 2.24) is 20.1 Å². The molecule has 2 heterocycles. The molecule has 0 bridgehead atoms. The molecule has 0 saturated carbocycles. The molecule has 1 N–H and O–H groups in total. The van der Waals surface area contributed by atoms with Gasteiger partial charge in [-0.15, -0.1) is 0 Å². The van der Waals surface area contributed by atoms with E-state index in [0.29, 0.717) is 11.8 Å². The molecular formula is C16H26N4O. The van der Waals surface area contributed by atoms with Crippen molar-refractivity contribution in [2.45, 2.75) is 26.4 Å². The highest BCUT2D eigenvalue weighted by Gasteiger charge is 2.35. The van der Waals surface area contributed by atoms with E-state index in [0.717, 1.165) is 19.6 Å². The Bertz CT molecular complexity index is 461. The number of carbonyl (C=O) groups excluding carboxylic acids is 1. The van der Waals surface area contributed by atoms with E-state index in [4.69, 9.17) is 0 Å². The summed E-state index contributed by atoms with van der Waals surface area (Å²) in [5.41, 5.74) is 1.27. The Morgan fingerprint density at radius 3 is 2.62 bits per heavy atom. The summed E-state index contributed by atoms with van der Waals surface area (Å²) in [6.07, 6.45) is 3.66. The van der Waals surface area contributed by atoms with Crippen LogP contribution in [0, 0.1) is 11.8 Å². The molecule has 5 heteroatoms. The van der Waals surface area contributed by atoms with E-state index in [1.807, 2.05) is 12.4 Å². The zero-order valence-corrected chi connectivity index (χ0v) is 13.4. The summed E-state index contributed by atoms with van der Waals surface area (Å²) in [5, 5.41) is 3.16. The number of likely N-dealkylation sites (tertiary alicyclic amines) is 1. The fourth-order valence-electron chi connectivity index (χ4n) is 2.90. The lowest BCUT2D eigenvalue weighted by molar-refractivity contribution is 0.207. The van der Waals surface area contributed by atoms with E-state index in [9.17, 15) is 4.79 Å². The molecule has 1 aliphatic heterocycles. The predicted molar refractivity (Wildman–Crippen MR) is 83.8 cm³/mol. The summed E-state index contributed by atoms with van der Waals surface area (Å²) in [6.45, 7) is 7.31. The van der Waals surface area contributed by atoms with Gasteiger partial charge in [-0.1, -0.05) is 13.8 Å². The minimum absolute atomic E-state index is 0.00332. The molecule has 2 atom stereocenters. The average Bonchev–Trinajstić information content (AvgIpc) is 2.82. The third kappa shape index (κ3) is 4.17. The third-order valence-electron chi connectivity index (χ3n) is 4.17. The van der Waals surface area contributed by atoms with Crippen molar-refractivity contribution in [2.75, 3.05) is 27.2 Å². The zero-order valence-electron chi connectivity index (χ0n) is 13.4. The molecule has 1 fully saturated rings. The molecule has 0 aliphatic carbocycles. The number of nitrogens with zero attached hydrogens (tertiary/aromatic N) is 3. The van der Waals surface area contributed by atoms with Crippen molar-refractivity contribution in [3.8, 4) is 0 Å². The minimum atomic E-state index is -0.00332.